The number of anilines is 1. The van der Waals surface area contributed by atoms with Crippen LogP contribution in [0, 0.1) is 6.92 Å². The topological polar surface area (TPSA) is 81.9 Å². The third kappa shape index (κ3) is 4.59. The van der Waals surface area contributed by atoms with Gasteiger partial charge < -0.3 is 20.1 Å². The molecule has 0 saturated carbocycles. The van der Waals surface area contributed by atoms with Crippen molar-refractivity contribution in [2.75, 3.05) is 18.6 Å². The van der Waals surface area contributed by atoms with Crippen molar-refractivity contribution in [1.82, 2.24) is 0 Å². The van der Waals surface area contributed by atoms with E-state index in [4.69, 9.17) is 15.2 Å². The average molecular weight is 431 g/mol. The van der Waals surface area contributed by atoms with Crippen molar-refractivity contribution in [3.05, 3.63) is 89.0 Å². The molecule has 1 fully saturated rings. The number of amides is 2. The van der Waals surface area contributed by atoms with Gasteiger partial charge in [0.15, 0.2) is 0 Å². The second kappa shape index (κ2) is 9.14. The van der Waals surface area contributed by atoms with E-state index >= 15 is 0 Å². The predicted molar refractivity (Wildman–Crippen MR) is 123 cm³/mol. The lowest BCUT2D eigenvalue weighted by Crippen LogP contribution is -2.25. The summed E-state index contributed by atoms with van der Waals surface area (Å²) in [5.74, 6) is 0.839. The zero-order valence-electron chi connectivity index (χ0n) is 18.2. The van der Waals surface area contributed by atoms with Crippen LogP contribution in [-0.4, -0.2) is 25.5 Å². The molecule has 2 amide bonds. The van der Waals surface area contributed by atoms with Gasteiger partial charge in [0.2, 0.25) is 11.8 Å². The fourth-order valence-electron chi connectivity index (χ4n) is 3.94. The summed E-state index contributed by atoms with van der Waals surface area (Å²) >= 11 is 0. The highest BCUT2D eigenvalue weighted by atomic mass is 16.5. The summed E-state index contributed by atoms with van der Waals surface area (Å²) in [5.41, 5.74) is 9.67. The Morgan fingerprint density at radius 1 is 1.09 bits per heavy atom. The number of carbonyl (C=O) groups is 2. The normalized spacial score (nSPS) is 15.6. The molecule has 3 aromatic rings. The third-order valence-corrected chi connectivity index (χ3v) is 5.74. The number of nitrogens with zero attached hydrogens (tertiary/aromatic N) is 1. The van der Waals surface area contributed by atoms with Gasteiger partial charge >= 0.3 is 0 Å². The summed E-state index contributed by atoms with van der Waals surface area (Å²) in [4.78, 5) is 26.1. The van der Waals surface area contributed by atoms with Crippen molar-refractivity contribution < 1.29 is 19.1 Å². The van der Waals surface area contributed by atoms with E-state index in [1.54, 1.807) is 30.2 Å². The maximum atomic E-state index is 12.8. The number of rotatable bonds is 7. The van der Waals surface area contributed by atoms with Gasteiger partial charge in [-0.3, -0.25) is 9.59 Å². The lowest BCUT2D eigenvalue weighted by molar-refractivity contribution is -0.117. The van der Waals surface area contributed by atoms with Gasteiger partial charge in [-0.2, -0.15) is 0 Å². The van der Waals surface area contributed by atoms with Crippen LogP contribution in [0.3, 0.4) is 0 Å². The minimum absolute atomic E-state index is 0.00285. The van der Waals surface area contributed by atoms with Crippen molar-refractivity contribution in [1.29, 1.82) is 0 Å². The lowest BCUT2D eigenvalue weighted by atomic mass is 9.97. The van der Waals surface area contributed by atoms with Gasteiger partial charge in [0.25, 0.3) is 0 Å². The molecule has 0 radical (unpaired) electrons. The van der Waals surface area contributed by atoms with Gasteiger partial charge in [-0.05, 0) is 42.3 Å². The molecule has 0 aromatic heterocycles. The first kappa shape index (κ1) is 21.4. The fourth-order valence-corrected chi connectivity index (χ4v) is 3.94. The molecule has 0 bridgehead atoms. The Balaban J connectivity index is 1.57. The standard InChI is InChI=1S/C26H26N2O4/c1-17-6-8-18(9-7-17)16-32-24-14-22(31-2)10-11-23(24)20-13-25(29)28(15-20)21-5-3-4-19(12-21)26(27)30/h3-12,14,20H,13,15-16H2,1-2H3,(H2,27,30). The first-order valence-electron chi connectivity index (χ1n) is 10.5. The zero-order chi connectivity index (χ0) is 22.7. The molecule has 4 rings (SSSR count). The quantitative estimate of drug-likeness (QED) is 0.609. The van der Waals surface area contributed by atoms with Crippen LogP contribution in [0.5, 0.6) is 11.5 Å². The monoisotopic (exact) mass is 430 g/mol. The molecule has 1 aliphatic rings. The van der Waals surface area contributed by atoms with Crippen LogP contribution in [0.15, 0.2) is 66.7 Å². The van der Waals surface area contributed by atoms with Crippen LogP contribution in [0.4, 0.5) is 5.69 Å². The Morgan fingerprint density at radius 2 is 1.88 bits per heavy atom. The van der Waals surface area contributed by atoms with E-state index in [1.165, 1.54) is 5.56 Å². The third-order valence-electron chi connectivity index (χ3n) is 5.74. The zero-order valence-corrected chi connectivity index (χ0v) is 18.2. The second-order valence-corrected chi connectivity index (χ2v) is 8.00. The molecule has 0 aliphatic carbocycles. The molecular weight excluding hydrogens is 404 g/mol. The molecule has 1 saturated heterocycles. The van der Waals surface area contributed by atoms with E-state index < -0.39 is 5.91 Å². The summed E-state index contributed by atoms with van der Waals surface area (Å²) in [6.07, 6.45) is 0.355. The van der Waals surface area contributed by atoms with Gasteiger partial charge in [0.1, 0.15) is 18.1 Å². The van der Waals surface area contributed by atoms with E-state index in [9.17, 15) is 9.59 Å². The van der Waals surface area contributed by atoms with Crippen molar-refractivity contribution in [2.24, 2.45) is 5.73 Å². The molecule has 2 N–H and O–H groups in total. The lowest BCUT2D eigenvalue weighted by Gasteiger charge is -2.19. The molecule has 1 atom stereocenters. The molecule has 0 spiro atoms. The van der Waals surface area contributed by atoms with Crippen molar-refractivity contribution >= 4 is 17.5 Å². The molecule has 3 aromatic carbocycles. The van der Waals surface area contributed by atoms with Crippen molar-refractivity contribution in [3.63, 3.8) is 0 Å². The van der Waals surface area contributed by atoms with Crippen LogP contribution in [-0.2, 0) is 11.4 Å². The summed E-state index contributed by atoms with van der Waals surface area (Å²) in [6.45, 7) is 2.96. The van der Waals surface area contributed by atoms with E-state index in [0.29, 0.717) is 42.3 Å². The molecule has 6 heteroatoms. The highest BCUT2D eigenvalue weighted by Crippen LogP contribution is 2.38. The van der Waals surface area contributed by atoms with Crippen LogP contribution in [0.1, 0.15) is 39.4 Å². The Kier molecular flexibility index (Phi) is 6.12. The van der Waals surface area contributed by atoms with Gasteiger partial charge in [0, 0.05) is 36.2 Å². The van der Waals surface area contributed by atoms with Crippen LogP contribution >= 0.6 is 0 Å². The summed E-state index contributed by atoms with van der Waals surface area (Å²) < 4.78 is 11.6. The van der Waals surface area contributed by atoms with Gasteiger partial charge in [0.05, 0.1) is 7.11 Å². The number of nitrogens with two attached hydrogens (primary N) is 1. The first-order chi connectivity index (χ1) is 15.4. The highest BCUT2D eigenvalue weighted by molar-refractivity contribution is 5.99. The minimum atomic E-state index is -0.517. The van der Waals surface area contributed by atoms with Gasteiger partial charge in [-0.1, -0.05) is 42.0 Å². The van der Waals surface area contributed by atoms with Gasteiger partial charge in [-0.15, -0.1) is 0 Å². The second-order valence-electron chi connectivity index (χ2n) is 8.00. The number of hydrogen-bond acceptors (Lipinski definition) is 4. The van der Waals surface area contributed by atoms with E-state index in [0.717, 1.165) is 11.1 Å². The largest absolute Gasteiger partial charge is 0.497 e. The minimum Gasteiger partial charge on any atom is -0.497 e. The number of primary amides is 1. The summed E-state index contributed by atoms with van der Waals surface area (Å²) in [6, 6.07) is 20.8. The Hall–Kier alpha value is -3.80. The molecule has 32 heavy (non-hydrogen) atoms. The Morgan fingerprint density at radius 3 is 2.59 bits per heavy atom. The highest BCUT2D eigenvalue weighted by Gasteiger charge is 2.33. The molecule has 1 heterocycles. The maximum Gasteiger partial charge on any atom is 0.248 e. The Labute approximate surface area is 187 Å². The van der Waals surface area contributed by atoms with E-state index in [-0.39, 0.29) is 11.8 Å². The van der Waals surface area contributed by atoms with Crippen LogP contribution in [0.25, 0.3) is 0 Å². The SMILES string of the molecule is COc1ccc(C2CC(=O)N(c3cccc(C(N)=O)c3)C2)c(OCc2ccc(C)cc2)c1. The number of carbonyl (C=O) groups excluding carboxylic acids is 2. The summed E-state index contributed by atoms with van der Waals surface area (Å²) in [5, 5.41) is 0. The average Bonchev–Trinajstić information content (AvgIpc) is 3.20. The van der Waals surface area contributed by atoms with Crippen molar-refractivity contribution in [3.8, 4) is 11.5 Å². The summed E-state index contributed by atoms with van der Waals surface area (Å²) in [7, 11) is 1.62. The molecule has 6 nitrogen and oxygen atoms in total. The van der Waals surface area contributed by atoms with E-state index in [1.807, 2.05) is 43.3 Å². The van der Waals surface area contributed by atoms with Gasteiger partial charge in [-0.25, -0.2) is 0 Å². The molecular formula is C26H26N2O4. The number of ether oxygens (including phenoxy) is 2. The fraction of sp³-hybridized carbons (Fsp3) is 0.231. The first-order valence-corrected chi connectivity index (χ1v) is 10.5. The number of methoxy groups -OCH3 is 1. The smallest absolute Gasteiger partial charge is 0.248 e. The Bertz CT molecular complexity index is 1140. The molecule has 1 aliphatic heterocycles. The number of benzene rings is 3. The van der Waals surface area contributed by atoms with Crippen LogP contribution in [0.2, 0.25) is 0 Å². The molecule has 164 valence electrons. The number of hydrogen-bond donors (Lipinski definition) is 1. The predicted octanol–water partition coefficient (Wildman–Crippen LogP) is 4.20. The van der Waals surface area contributed by atoms with Crippen molar-refractivity contribution in [2.45, 2.75) is 25.9 Å². The van der Waals surface area contributed by atoms with E-state index in [2.05, 4.69) is 12.1 Å². The van der Waals surface area contributed by atoms with Crippen LogP contribution < -0.4 is 20.1 Å². The maximum absolute atomic E-state index is 12.8. The molecule has 1 unspecified atom stereocenters. The number of aryl methyl sites for hydroxylation is 1.